The number of nitrogens with one attached hydrogen (secondary N) is 1. The van der Waals surface area contributed by atoms with Crippen molar-refractivity contribution < 1.29 is 14.6 Å². The van der Waals surface area contributed by atoms with E-state index in [1.807, 2.05) is 0 Å². The molecule has 0 radical (unpaired) electrons. The average Bonchev–Trinajstić information content (AvgIpc) is 2.29. The van der Waals surface area contributed by atoms with Crippen LogP contribution in [0.5, 0.6) is 5.75 Å². The summed E-state index contributed by atoms with van der Waals surface area (Å²) in [6, 6.07) is 5.51. The molecule has 16 heavy (non-hydrogen) atoms. The molecular formula is C11H16N2O3. The number of ether oxygens (including phenoxy) is 1. The van der Waals surface area contributed by atoms with Crippen LogP contribution in [0.1, 0.15) is 11.6 Å². The van der Waals surface area contributed by atoms with E-state index in [4.69, 9.17) is 15.6 Å². The Morgan fingerprint density at radius 2 is 2.12 bits per heavy atom. The van der Waals surface area contributed by atoms with Crippen LogP contribution in [0, 0.1) is 0 Å². The zero-order valence-corrected chi connectivity index (χ0v) is 9.14. The number of aromatic hydroxyl groups is 1. The monoisotopic (exact) mass is 224 g/mol. The summed E-state index contributed by atoms with van der Waals surface area (Å²) in [5.74, 6) is -0.113. The minimum Gasteiger partial charge on any atom is -0.508 e. The van der Waals surface area contributed by atoms with E-state index < -0.39 is 6.04 Å². The minimum atomic E-state index is -0.725. The van der Waals surface area contributed by atoms with E-state index in [1.165, 1.54) is 12.1 Å². The molecule has 1 rings (SSSR count). The second-order valence-corrected chi connectivity index (χ2v) is 3.35. The largest absolute Gasteiger partial charge is 0.508 e. The Balaban J connectivity index is 2.53. The molecule has 0 heterocycles. The summed E-state index contributed by atoms with van der Waals surface area (Å²) in [7, 11) is 1.56. The number of amides is 1. The van der Waals surface area contributed by atoms with Gasteiger partial charge in [0.1, 0.15) is 11.8 Å². The summed E-state index contributed by atoms with van der Waals surface area (Å²) in [5, 5.41) is 11.7. The third-order valence-electron chi connectivity index (χ3n) is 2.14. The fraction of sp³-hybridized carbons (Fsp3) is 0.364. The number of benzene rings is 1. The molecule has 0 aliphatic heterocycles. The predicted molar refractivity (Wildman–Crippen MR) is 59.9 cm³/mol. The first-order valence-corrected chi connectivity index (χ1v) is 4.96. The summed E-state index contributed by atoms with van der Waals surface area (Å²) in [6.07, 6.45) is 0. The quantitative estimate of drug-likeness (QED) is 0.622. The molecule has 1 atom stereocenters. The minimum absolute atomic E-state index is 0.149. The molecule has 0 bridgehead atoms. The van der Waals surface area contributed by atoms with Gasteiger partial charge in [-0.3, -0.25) is 4.79 Å². The highest BCUT2D eigenvalue weighted by molar-refractivity contribution is 5.82. The van der Waals surface area contributed by atoms with Gasteiger partial charge >= 0.3 is 0 Å². The third kappa shape index (κ3) is 3.52. The van der Waals surface area contributed by atoms with Gasteiger partial charge in [-0.2, -0.15) is 0 Å². The molecule has 1 aromatic carbocycles. The number of methoxy groups -OCH3 is 1. The molecular weight excluding hydrogens is 208 g/mol. The Hall–Kier alpha value is -1.59. The zero-order valence-electron chi connectivity index (χ0n) is 9.14. The van der Waals surface area contributed by atoms with Crippen molar-refractivity contribution in [2.75, 3.05) is 20.3 Å². The molecule has 1 unspecified atom stereocenters. The van der Waals surface area contributed by atoms with Crippen molar-refractivity contribution in [3.63, 3.8) is 0 Å². The molecule has 0 saturated heterocycles. The molecule has 0 fully saturated rings. The lowest BCUT2D eigenvalue weighted by molar-refractivity contribution is -0.122. The topological polar surface area (TPSA) is 84.6 Å². The number of rotatable bonds is 5. The lowest BCUT2D eigenvalue weighted by Gasteiger charge is -2.12. The Kier molecular flexibility index (Phi) is 4.75. The van der Waals surface area contributed by atoms with E-state index in [0.717, 1.165) is 0 Å². The third-order valence-corrected chi connectivity index (χ3v) is 2.14. The maximum Gasteiger partial charge on any atom is 0.241 e. The Morgan fingerprint density at radius 1 is 1.50 bits per heavy atom. The van der Waals surface area contributed by atoms with Gasteiger partial charge in [0, 0.05) is 13.7 Å². The van der Waals surface area contributed by atoms with E-state index in [1.54, 1.807) is 19.2 Å². The van der Waals surface area contributed by atoms with Crippen molar-refractivity contribution in [1.29, 1.82) is 0 Å². The van der Waals surface area contributed by atoms with Gasteiger partial charge in [-0.1, -0.05) is 12.1 Å². The zero-order chi connectivity index (χ0) is 12.0. The fourth-order valence-electron chi connectivity index (χ4n) is 1.22. The lowest BCUT2D eigenvalue weighted by Crippen LogP contribution is -2.35. The SMILES string of the molecule is COCCNC(=O)C(N)c1ccc(O)cc1. The van der Waals surface area contributed by atoms with Crippen LogP contribution in [-0.2, 0) is 9.53 Å². The number of carbonyl (C=O) groups is 1. The molecule has 5 heteroatoms. The number of phenolic OH excluding ortho intramolecular Hbond substituents is 1. The van der Waals surface area contributed by atoms with Crippen molar-refractivity contribution in [3.05, 3.63) is 29.8 Å². The van der Waals surface area contributed by atoms with Gasteiger partial charge in [0.25, 0.3) is 0 Å². The van der Waals surface area contributed by atoms with Crippen LogP contribution in [0.15, 0.2) is 24.3 Å². The van der Waals surface area contributed by atoms with Gasteiger partial charge in [-0.15, -0.1) is 0 Å². The molecule has 1 amide bonds. The predicted octanol–water partition coefficient (Wildman–Crippen LogP) is 0.155. The van der Waals surface area contributed by atoms with Crippen LogP contribution in [0.3, 0.4) is 0 Å². The van der Waals surface area contributed by atoms with Crippen LogP contribution < -0.4 is 11.1 Å². The fourth-order valence-corrected chi connectivity index (χ4v) is 1.22. The van der Waals surface area contributed by atoms with E-state index in [2.05, 4.69) is 5.32 Å². The van der Waals surface area contributed by atoms with Gasteiger partial charge in [0.05, 0.1) is 6.61 Å². The number of phenols is 1. The highest BCUT2D eigenvalue weighted by Gasteiger charge is 2.14. The molecule has 0 saturated carbocycles. The maximum absolute atomic E-state index is 11.5. The first kappa shape index (κ1) is 12.5. The molecule has 1 aromatic rings. The first-order chi connectivity index (χ1) is 7.65. The Labute approximate surface area is 94.2 Å². The van der Waals surface area contributed by atoms with E-state index in [9.17, 15) is 4.79 Å². The second-order valence-electron chi connectivity index (χ2n) is 3.35. The summed E-state index contributed by atoms with van der Waals surface area (Å²) in [6.45, 7) is 0.884. The van der Waals surface area contributed by atoms with Gasteiger partial charge < -0.3 is 20.9 Å². The normalized spacial score (nSPS) is 12.1. The Bertz CT molecular complexity index is 338. The average molecular weight is 224 g/mol. The van der Waals surface area contributed by atoms with Crippen LogP contribution in [0.4, 0.5) is 0 Å². The second kappa shape index (κ2) is 6.09. The van der Waals surface area contributed by atoms with Gasteiger partial charge in [-0.25, -0.2) is 0 Å². The van der Waals surface area contributed by atoms with Crippen molar-refractivity contribution in [2.45, 2.75) is 6.04 Å². The molecule has 0 aliphatic rings. The number of carbonyl (C=O) groups excluding carboxylic acids is 1. The molecule has 0 aliphatic carbocycles. The smallest absolute Gasteiger partial charge is 0.241 e. The summed E-state index contributed by atoms with van der Waals surface area (Å²) in [5.41, 5.74) is 6.40. The van der Waals surface area contributed by atoms with E-state index in [0.29, 0.717) is 18.7 Å². The van der Waals surface area contributed by atoms with Gasteiger partial charge in [0.15, 0.2) is 0 Å². The molecule has 88 valence electrons. The standard InChI is InChI=1S/C11H16N2O3/c1-16-7-6-13-11(15)10(12)8-2-4-9(14)5-3-8/h2-5,10,14H,6-7,12H2,1H3,(H,13,15). The van der Waals surface area contributed by atoms with Crippen LogP contribution in [0.25, 0.3) is 0 Å². The van der Waals surface area contributed by atoms with Crippen molar-refractivity contribution >= 4 is 5.91 Å². The summed E-state index contributed by atoms with van der Waals surface area (Å²) < 4.78 is 4.80. The van der Waals surface area contributed by atoms with E-state index in [-0.39, 0.29) is 11.7 Å². The molecule has 4 N–H and O–H groups in total. The number of hydrogen-bond donors (Lipinski definition) is 3. The molecule has 5 nitrogen and oxygen atoms in total. The van der Waals surface area contributed by atoms with Gasteiger partial charge in [0.2, 0.25) is 5.91 Å². The molecule has 0 spiro atoms. The number of hydrogen-bond acceptors (Lipinski definition) is 4. The maximum atomic E-state index is 11.5. The lowest BCUT2D eigenvalue weighted by atomic mass is 10.1. The van der Waals surface area contributed by atoms with Crippen molar-refractivity contribution in [1.82, 2.24) is 5.32 Å². The van der Waals surface area contributed by atoms with Gasteiger partial charge in [-0.05, 0) is 17.7 Å². The van der Waals surface area contributed by atoms with Crippen molar-refractivity contribution in [3.8, 4) is 5.75 Å². The summed E-state index contributed by atoms with van der Waals surface area (Å²) >= 11 is 0. The summed E-state index contributed by atoms with van der Waals surface area (Å²) in [4.78, 5) is 11.5. The van der Waals surface area contributed by atoms with Crippen LogP contribution in [0.2, 0.25) is 0 Å². The highest BCUT2D eigenvalue weighted by Crippen LogP contribution is 2.14. The van der Waals surface area contributed by atoms with Crippen LogP contribution in [-0.4, -0.2) is 31.3 Å². The van der Waals surface area contributed by atoms with E-state index >= 15 is 0 Å². The van der Waals surface area contributed by atoms with Crippen LogP contribution >= 0.6 is 0 Å². The molecule has 0 aromatic heterocycles. The first-order valence-electron chi connectivity index (χ1n) is 4.96. The Morgan fingerprint density at radius 3 is 2.69 bits per heavy atom. The number of nitrogens with two attached hydrogens (primary N) is 1. The van der Waals surface area contributed by atoms with Crippen molar-refractivity contribution in [2.24, 2.45) is 5.73 Å². The highest BCUT2D eigenvalue weighted by atomic mass is 16.5.